The van der Waals surface area contributed by atoms with Gasteiger partial charge in [-0.1, -0.05) is 6.07 Å². The standard InChI is InChI=1S/C12H17NO4/c1-9-3-4-10(7-11(9)14)13-12(15)8-17-6-5-16-2/h3-4,7,14H,5-6,8H2,1-2H3,(H,13,15). The Hall–Kier alpha value is -1.59. The molecule has 5 nitrogen and oxygen atoms in total. The Balaban J connectivity index is 2.37. The van der Waals surface area contributed by atoms with E-state index in [1.54, 1.807) is 26.2 Å². The Morgan fingerprint density at radius 3 is 2.82 bits per heavy atom. The average Bonchev–Trinajstić information content (AvgIpc) is 2.30. The summed E-state index contributed by atoms with van der Waals surface area (Å²) in [5.41, 5.74) is 1.31. The van der Waals surface area contributed by atoms with Gasteiger partial charge in [-0.15, -0.1) is 0 Å². The molecule has 0 atom stereocenters. The van der Waals surface area contributed by atoms with Gasteiger partial charge in [0.05, 0.1) is 13.2 Å². The van der Waals surface area contributed by atoms with Crippen molar-refractivity contribution in [1.82, 2.24) is 0 Å². The van der Waals surface area contributed by atoms with Crippen molar-refractivity contribution in [3.05, 3.63) is 23.8 Å². The summed E-state index contributed by atoms with van der Waals surface area (Å²) in [6.45, 7) is 2.59. The molecule has 0 aromatic heterocycles. The Kier molecular flexibility index (Phi) is 5.45. The molecule has 17 heavy (non-hydrogen) atoms. The van der Waals surface area contributed by atoms with Gasteiger partial charge >= 0.3 is 0 Å². The zero-order valence-electron chi connectivity index (χ0n) is 10.0. The van der Waals surface area contributed by atoms with E-state index in [0.717, 1.165) is 5.56 Å². The molecule has 0 fully saturated rings. The van der Waals surface area contributed by atoms with Gasteiger partial charge in [0.15, 0.2) is 0 Å². The summed E-state index contributed by atoms with van der Waals surface area (Å²) in [5.74, 6) is -0.104. The Labute approximate surface area is 100 Å². The highest BCUT2D eigenvalue weighted by atomic mass is 16.5. The van der Waals surface area contributed by atoms with E-state index in [1.807, 2.05) is 0 Å². The van der Waals surface area contributed by atoms with Crippen molar-refractivity contribution in [1.29, 1.82) is 0 Å². The van der Waals surface area contributed by atoms with Crippen molar-refractivity contribution in [3.8, 4) is 5.75 Å². The maximum Gasteiger partial charge on any atom is 0.250 e. The van der Waals surface area contributed by atoms with Crippen LogP contribution in [0.4, 0.5) is 5.69 Å². The number of amides is 1. The van der Waals surface area contributed by atoms with E-state index in [-0.39, 0.29) is 18.3 Å². The summed E-state index contributed by atoms with van der Waals surface area (Å²) in [5, 5.41) is 12.1. The number of aryl methyl sites for hydroxylation is 1. The Morgan fingerprint density at radius 1 is 1.41 bits per heavy atom. The number of nitrogens with one attached hydrogen (secondary N) is 1. The van der Waals surface area contributed by atoms with E-state index in [2.05, 4.69) is 5.32 Å². The molecule has 1 aromatic rings. The largest absolute Gasteiger partial charge is 0.508 e. The molecule has 1 aromatic carbocycles. The monoisotopic (exact) mass is 239 g/mol. The maximum absolute atomic E-state index is 11.4. The molecule has 0 spiro atoms. The minimum absolute atomic E-state index is 0.0298. The zero-order valence-corrected chi connectivity index (χ0v) is 10.0. The maximum atomic E-state index is 11.4. The molecular formula is C12H17NO4. The molecule has 0 aliphatic heterocycles. The van der Waals surface area contributed by atoms with Gasteiger partial charge in [0, 0.05) is 18.9 Å². The Bertz CT molecular complexity index is 379. The molecule has 0 saturated heterocycles. The van der Waals surface area contributed by atoms with Crippen LogP contribution in [0.15, 0.2) is 18.2 Å². The number of carbonyl (C=O) groups excluding carboxylic acids is 1. The molecule has 0 heterocycles. The van der Waals surface area contributed by atoms with Crippen LogP contribution in [-0.2, 0) is 14.3 Å². The van der Waals surface area contributed by atoms with Gasteiger partial charge in [0.1, 0.15) is 12.4 Å². The predicted octanol–water partition coefficient (Wildman–Crippen LogP) is 1.30. The number of phenolic OH excluding ortho intramolecular Hbond substituents is 1. The van der Waals surface area contributed by atoms with Gasteiger partial charge < -0.3 is 19.9 Å². The zero-order chi connectivity index (χ0) is 12.7. The van der Waals surface area contributed by atoms with Crippen molar-refractivity contribution in [2.24, 2.45) is 0 Å². The number of aromatic hydroxyl groups is 1. The highest BCUT2D eigenvalue weighted by molar-refractivity contribution is 5.91. The highest BCUT2D eigenvalue weighted by Gasteiger charge is 2.04. The number of rotatable bonds is 6. The second kappa shape index (κ2) is 6.88. The fourth-order valence-corrected chi connectivity index (χ4v) is 1.19. The van der Waals surface area contributed by atoms with Crippen molar-refractivity contribution in [3.63, 3.8) is 0 Å². The number of methoxy groups -OCH3 is 1. The molecule has 0 radical (unpaired) electrons. The number of carbonyl (C=O) groups is 1. The summed E-state index contributed by atoms with van der Waals surface area (Å²) in [7, 11) is 1.57. The van der Waals surface area contributed by atoms with Crippen LogP contribution in [0, 0.1) is 6.92 Å². The molecule has 0 aliphatic carbocycles. The minimum atomic E-state index is -0.260. The lowest BCUT2D eigenvalue weighted by molar-refractivity contribution is -0.121. The van der Waals surface area contributed by atoms with Gasteiger partial charge in [-0.3, -0.25) is 4.79 Å². The van der Waals surface area contributed by atoms with E-state index < -0.39 is 0 Å². The molecule has 0 bridgehead atoms. The molecule has 5 heteroatoms. The third-order valence-electron chi connectivity index (χ3n) is 2.16. The van der Waals surface area contributed by atoms with Crippen LogP contribution >= 0.6 is 0 Å². The second-order valence-corrected chi connectivity index (χ2v) is 3.59. The van der Waals surface area contributed by atoms with Crippen LogP contribution in [-0.4, -0.2) is 37.9 Å². The molecule has 2 N–H and O–H groups in total. The smallest absolute Gasteiger partial charge is 0.250 e. The summed E-state index contributed by atoms with van der Waals surface area (Å²) in [4.78, 5) is 11.4. The van der Waals surface area contributed by atoms with Crippen molar-refractivity contribution >= 4 is 11.6 Å². The number of hydrogen-bond donors (Lipinski definition) is 2. The first kappa shape index (κ1) is 13.5. The van der Waals surface area contributed by atoms with Crippen LogP contribution in [0.2, 0.25) is 0 Å². The van der Waals surface area contributed by atoms with Crippen LogP contribution in [0.5, 0.6) is 5.75 Å². The van der Waals surface area contributed by atoms with Crippen LogP contribution in [0.3, 0.4) is 0 Å². The van der Waals surface area contributed by atoms with Gasteiger partial charge in [0.2, 0.25) is 5.91 Å². The lowest BCUT2D eigenvalue weighted by atomic mass is 10.2. The lowest BCUT2D eigenvalue weighted by Crippen LogP contribution is -2.19. The number of phenols is 1. The number of benzene rings is 1. The first-order valence-corrected chi connectivity index (χ1v) is 5.29. The average molecular weight is 239 g/mol. The molecule has 0 aliphatic rings. The third kappa shape index (κ3) is 4.84. The minimum Gasteiger partial charge on any atom is -0.508 e. The predicted molar refractivity (Wildman–Crippen MR) is 64.2 cm³/mol. The highest BCUT2D eigenvalue weighted by Crippen LogP contribution is 2.20. The summed E-state index contributed by atoms with van der Waals surface area (Å²) >= 11 is 0. The number of hydrogen-bond acceptors (Lipinski definition) is 4. The molecule has 0 unspecified atom stereocenters. The first-order valence-electron chi connectivity index (χ1n) is 5.29. The third-order valence-corrected chi connectivity index (χ3v) is 2.16. The normalized spacial score (nSPS) is 10.2. The number of anilines is 1. The van der Waals surface area contributed by atoms with E-state index in [9.17, 15) is 9.90 Å². The SMILES string of the molecule is COCCOCC(=O)Nc1ccc(C)c(O)c1. The molecule has 0 saturated carbocycles. The van der Waals surface area contributed by atoms with Crippen LogP contribution < -0.4 is 5.32 Å². The van der Waals surface area contributed by atoms with Crippen molar-refractivity contribution in [2.45, 2.75) is 6.92 Å². The lowest BCUT2D eigenvalue weighted by Gasteiger charge is -2.07. The molecule has 1 rings (SSSR count). The fraction of sp³-hybridized carbons (Fsp3) is 0.417. The second-order valence-electron chi connectivity index (χ2n) is 3.59. The van der Waals surface area contributed by atoms with E-state index in [1.165, 1.54) is 6.07 Å². The Morgan fingerprint density at radius 2 is 2.18 bits per heavy atom. The van der Waals surface area contributed by atoms with Crippen LogP contribution in [0.1, 0.15) is 5.56 Å². The van der Waals surface area contributed by atoms with Crippen molar-refractivity contribution in [2.75, 3.05) is 32.2 Å². The van der Waals surface area contributed by atoms with E-state index in [4.69, 9.17) is 9.47 Å². The quantitative estimate of drug-likeness (QED) is 0.734. The van der Waals surface area contributed by atoms with Gasteiger partial charge in [0.25, 0.3) is 0 Å². The molecule has 1 amide bonds. The van der Waals surface area contributed by atoms with Crippen molar-refractivity contribution < 1.29 is 19.4 Å². The van der Waals surface area contributed by atoms with Gasteiger partial charge in [-0.2, -0.15) is 0 Å². The first-order chi connectivity index (χ1) is 8.13. The molecule has 94 valence electrons. The van der Waals surface area contributed by atoms with Crippen LogP contribution in [0.25, 0.3) is 0 Å². The van der Waals surface area contributed by atoms with E-state index in [0.29, 0.717) is 18.9 Å². The summed E-state index contributed by atoms with van der Waals surface area (Å²) in [6, 6.07) is 4.96. The topological polar surface area (TPSA) is 67.8 Å². The van der Waals surface area contributed by atoms with E-state index >= 15 is 0 Å². The summed E-state index contributed by atoms with van der Waals surface area (Å²) < 4.78 is 9.84. The van der Waals surface area contributed by atoms with Gasteiger partial charge in [-0.05, 0) is 18.6 Å². The summed E-state index contributed by atoms with van der Waals surface area (Å²) in [6.07, 6.45) is 0. The number of ether oxygens (including phenoxy) is 2. The van der Waals surface area contributed by atoms with Gasteiger partial charge in [-0.25, -0.2) is 0 Å². The molecular weight excluding hydrogens is 222 g/mol. The fourth-order valence-electron chi connectivity index (χ4n) is 1.19.